The molecule has 5 heteroatoms. The maximum absolute atomic E-state index is 8.02. The van der Waals surface area contributed by atoms with E-state index < -0.39 is 0 Å². The summed E-state index contributed by atoms with van der Waals surface area (Å²) in [6.07, 6.45) is 19.3. The molecule has 0 saturated heterocycles. The second kappa shape index (κ2) is 29.3. The number of unbranched alkanes of at least 4 members (excludes halogenated alkanes) is 2. The SMILES string of the molecule is C#CC.C/C=C(\C)C#N.CC.CCCC/C=C/N=CN(C)C.c1ccc(-c2ccccn2)nc1. The first-order valence-electron chi connectivity index (χ1n) is 11.5. The number of aliphatic imine (C=N–C) groups is 1. The first kappa shape index (κ1) is 34.9. The van der Waals surface area contributed by atoms with Crippen LogP contribution in [0.5, 0.6) is 0 Å². The van der Waals surface area contributed by atoms with Gasteiger partial charge in [0.2, 0.25) is 0 Å². The van der Waals surface area contributed by atoms with Crippen molar-refractivity contribution in [3.05, 3.63) is 72.7 Å². The number of allylic oxidation sites excluding steroid dienone is 3. The van der Waals surface area contributed by atoms with E-state index in [2.05, 4.69) is 40.3 Å². The highest BCUT2D eigenvalue weighted by Gasteiger charge is 1.95. The highest BCUT2D eigenvalue weighted by atomic mass is 15.1. The van der Waals surface area contributed by atoms with Crippen molar-refractivity contribution >= 4 is 6.34 Å². The predicted octanol–water partition coefficient (Wildman–Crippen LogP) is 7.57. The summed E-state index contributed by atoms with van der Waals surface area (Å²) in [6.45, 7) is 11.5. The van der Waals surface area contributed by atoms with Crippen LogP contribution in [0, 0.1) is 23.7 Å². The Kier molecular flexibility index (Phi) is 30.1. The summed E-state index contributed by atoms with van der Waals surface area (Å²) in [5.74, 6) is 2.25. The Morgan fingerprint density at radius 1 is 1.09 bits per heavy atom. The van der Waals surface area contributed by atoms with E-state index in [0.717, 1.165) is 23.4 Å². The fourth-order valence-electron chi connectivity index (χ4n) is 1.72. The molecule has 0 N–H and O–H groups in total. The van der Waals surface area contributed by atoms with Gasteiger partial charge >= 0.3 is 0 Å². The summed E-state index contributed by atoms with van der Waals surface area (Å²) in [7, 11) is 3.92. The van der Waals surface area contributed by atoms with Gasteiger partial charge in [-0.1, -0.05) is 57.9 Å². The molecule has 0 amide bonds. The second-order valence-corrected chi connectivity index (χ2v) is 6.56. The van der Waals surface area contributed by atoms with Gasteiger partial charge in [0.15, 0.2) is 0 Å². The molecule has 0 bridgehead atoms. The first-order valence-corrected chi connectivity index (χ1v) is 11.5. The Bertz CT molecular complexity index is 802. The summed E-state index contributed by atoms with van der Waals surface area (Å²) >= 11 is 0. The molecule has 0 unspecified atom stereocenters. The van der Waals surface area contributed by atoms with Crippen molar-refractivity contribution in [2.75, 3.05) is 14.1 Å². The Balaban J connectivity index is -0.000000403. The maximum atomic E-state index is 8.02. The number of terminal acetylenes is 1. The third-order valence-electron chi connectivity index (χ3n) is 3.42. The lowest BCUT2D eigenvalue weighted by Gasteiger charge is -1.99. The lowest BCUT2D eigenvalue weighted by atomic mass is 10.2. The molecule has 0 aliphatic carbocycles. The average molecular weight is 462 g/mol. The molecule has 34 heavy (non-hydrogen) atoms. The highest BCUT2D eigenvalue weighted by molar-refractivity contribution is 5.54. The van der Waals surface area contributed by atoms with E-state index in [1.165, 1.54) is 12.8 Å². The van der Waals surface area contributed by atoms with Gasteiger partial charge in [-0.25, -0.2) is 4.99 Å². The van der Waals surface area contributed by atoms with Gasteiger partial charge in [-0.05, 0) is 51.5 Å². The van der Waals surface area contributed by atoms with Gasteiger partial charge in [-0.2, -0.15) is 5.26 Å². The first-order chi connectivity index (χ1) is 16.5. The van der Waals surface area contributed by atoms with Crippen LogP contribution in [0.15, 0.2) is 77.7 Å². The van der Waals surface area contributed by atoms with Crippen LogP contribution < -0.4 is 0 Å². The molecule has 2 aromatic heterocycles. The number of nitriles is 1. The van der Waals surface area contributed by atoms with Gasteiger partial charge in [0, 0.05) is 38.3 Å². The number of aromatic nitrogens is 2. The Hall–Kier alpha value is -3.70. The van der Waals surface area contributed by atoms with Gasteiger partial charge in [-0.3, -0.25) is 9.97 Å². The molecule has 0 aliphatic heterocycles. The molecule has 0 saturated carbocycles. The van der Waals surface area contributed by atoms with E-state index in [1.807, 2.05) is 88.4 Å². The maximum Gasteiger partial charge on any atom is 0.0940 e. The average Bonchev–Trinajstić information content (AvgIpc) is 2.89. The van der Waals surface area contributed by atoms with Crippen molar-refractivity contribution in [2.24, 2.45) is 4.99 Å². The summed E-state index contributed by atoms with van der Waals surface area (Å²) < 4.78 is 0. The molecule has 0 fully saturated rings. The van der Waals surface area contributed by atoms with Crippen molar-refractivity contribution in [1.82, 2.24) is 14.9 Å². The smallest absolute Gasteiger partial charge is 0.0940 e. The van der Waals surface area contributed by atoms with Crippen LogP contribution >= 0.6 is 0 Å². The molecule has 0 atom stereocenters. The molecule has 2 aromatic rings. The molecular formula is C29H43N5. The molecule has 0 aromatic carbocycles. The van der Waals surface area contributed by atoms with Gasteiger partial charge in [0.05, 0.1) is 23.8 Å². The zero-order chi connectivity index (χ0) is 26.5. The van der Waals surface area contributed by atoms with Crippen LogP contribution in [-0.2, 0) is 0 Å². The van der Waals surface area contributed by atoms with Crippen molar-refractivity contribution in [1.29, 1.82) is 5.26 Å². The minimum absolute atomic E-state index is 0.773. The zero-order valence-electron chi connectivity index (χ0n) is 22.4. The van der Waals surface area contributed by atoms with E-state index >= 15 is 0 Å². The van der Waals surface area contributed by atoms with Crippen molar-refractivity contribution in [2.45, 2.75) is 60.8 Å². The molecule has 2 heterocycles. The number of nitrogens with zero attached hydrogens (tertiary/aromatic N) is 5. The summed E-state index contributed by atoms with van der Waals surface area (Å²) in [5.41, 5.74) is 2.60. The molecule has 0 aliphatic rings. The fourth-order valence-corrected chi connectivity index (χ4v) is 1.72. The third kappa shape index (κ3) is 26.3. The standard InChI is InChI=1S/C10H8N2.C9H18N2.C5H7N.C3H4.C2H6/c1-3-7-11-9(5-1)10-6-2-4-8-12-10;1-4-5-6-7-8-10-9-11(2)3;1-3-5(2)4-6;1-3-2;1-2/h1-8H;7-9H,4-6H2,1-3H3;3H,1-2H3;1H,2H3;1-2H3/b;8-7+,10-9?;5-3+;;. The van der Waals surface area contributed by atoms with Crippen LogP contribution in [0.2, 0.25) is 0 Å². The van der Waals surface area contributed by atoms with Crippen LogP contribution in [0.1, 0.15) is 60.8 Å². The summed E-state index contributed by atoms with van der Waals surface area (Å²) in [5, 5.41) is 8.02. The van der Waals surface area contributed by atoms with Gasteiger partial charge in [0.25, 0.3) is 0 Å². The minimum Gasteiger partial charge on any atom is -0.369 e. The fraction of sp³-hybridized carbons (Fsp3) is 0.379. The van der Waals surface area contributed by atoms with E-state index in [0.29, 0.717) is 0 Å². The van der Waals surface area contributed by atoms with Gasteiger partial charge in [-0.15, -0.1) is 12.3 Å². The van der Waals surface area contributed by atoms with Crippen LogP contribution in [0.4, 0.5) is 0 Å². The third-order valence-corrected chi connectivity index (χ3v) is 3.42. The molecule has 5 nitrogen and oxygen atoms in total. The normalized spacial score (nSPS) is 9.41. The quantitative estimate of drug-likeness (QED) is 0.146. The molecule has 0 radical (unpaired) electrons. The van der Waals surface area contributed by atoms with Crippen LogP contribution in [0.3, 0.4) is 0 Å². The van der Waals surface area contributed by atoms with E-state index in [4.69, 9.17) is 5.26 Å². The Labute approximate surface area is 209 Å². The lowest BCUT2D eigenvalue weighted by Crippen LogP contribution is -2.06. The van der Waals surface area contributed by atoms with Gasteiger partial charge in [0.1, 0.15) is 0 Å². The number of hydrogen-bond acceptors (Lipinski definition) is 4. The van der Waals surface area contributed by atoms with Crippen molar-refractivity contribution in [3.8, 4) is 29.8 Å². The second-order valence-electron chi connectivity index (χ2n) is 6.56. The monoisotopic (exact) mass is 461 g/mol. The zero-order valence-corrected chi connectivity index (χ0v) is 22.4. The largest absolute Gasteiger partial charge is 0.369 e. The molecule has 2 rings (SSSR count). The Morgan fingerprint density at radius 3 is 1.88 bits per heavy atom. The van der Waals surface area contributed by atoms with Crippen LogP contribution in [0.25, 0.3) is 11.4 Å². The summed E-state index contributed by atoms with van der Waals surface area (Å²) in [4.78, 5) is 14.4. The van der Waals surface area contributed by atoms with Crippen molar-refractivity contribution in [3.63, 3.8) is 0 Å². The minimum atomic E-state index is 0.773. The number of hydrogen-bond donors (Lipinski definition) is 0. The lowest BCUT2D eigenvalue weighted by molar-refractivity contribution is 0.643. The van der Waals surface area contributed by atoms with E-state index in [-0.39, 0.29) is 0 Å². The number of pyridine rings is 2. The molecule has 0 spiro atoms. The summed E-state index contributed by atoms with van der Waals surface area (Å²) in [6, 6.07) is 13.6. The van der Waals surface area contributed by atoms with E-state index in [1.54, 1.807) is 38.7 Å². The predicted molar refractivity (Wildman–Crippen MR) is 149 cm³/mol. The Morgan fingerprint density at radius 2 is 1.59 bits per heavy atom. The highest BCUT2D eigenvalue weighted by Crippen LogP contribution is 2.10. The topological polar surface area (TPSA) is 65.2 Å². The molecule has 184 valence electrons. The number of rotatable bonds is 6. The van der Waals surface area contributed by atoms with E-state index in [9.17, 15) is 0 Å². The van der Waals surface area contributed by atoms with Gasteiger partial charge < -0.3 is 4.90 Å². The molecular weight excluding hydrogens is 418 g/mol. The van der Waals surface area contributed by atoms with Crippen LogP contribution in [-0.4, -0.2) is 35.3 Å². The van der Waals surface area contributed by atoms with Crippen molar-refractivity contribution < 1.29 is 0 Å².